The topological polar surface area (TPSA) is 85.4 Å². The van der Waals surface area contributed by atoms with Gasteiger partial charge in [0.1, 0.15) is 0 Å². The van der Waals surface area contributed by atoms with Crippen LogP contribution < -0.4 is 4.90 Å². The second-order valence-electron chi connectivity index (χ2n) is 8.89. The van der Waals surface area contributed by atoms with E-state index in [1.54, 1.807) is 18.6 Å². The smallest absolute Gasteiger partial charge is 0.396 e. The minimum absolute atomic E-state index is 0.0620. The molecule has 1 atom stereocenters. The quantitative estimate of drug-likeness (QED) is 0.740. The summed E-state index contributed by atoms with van der Waals surface area (Å²) in [7, 11) is 0. The Morgan fingerprint density at radius 1 is 1.30 bits per heavy atom. The Bertz CT molecular complexity index is 1020. The van der Waals surface area contributed by atoms with Crippen LogP contribution in [-0.4, -0.2) is 58.3 Å². The molecule has 3 heterocycles. The molecule has 10 heteroatoms. The highest BCUT2D eigenvalue weighted by molar-refractivity contribution is 5.76. The summed E-state index contributed by atoms with van der Waals surface area (Å²) in [6.07, 6.45) is 2.29. The Morgan fingerprint density at radius 2 is 2.06 bits per heavy atom. The van der Waals surface area contributed by atoms with Gasteiger partial charge < -0.3 is 19.5 Å². The first-order valence-corrected chi connectivity index (χ1v) is 11.0. The van der Waals surface area contributed by atoms with Crippen LogP contribution in [0.4, 0.5) is 18.9 Å². The number of aromatic nitrogens is 2. The van der Waals surface area contributed by atoms with Crippen molar-refractivity contribution in [3.63, 3.8) is 0 Å². The minimum atomic E-state index is -4.61. The number of aliphatic hydroxyl groups excluding tert-OH is 1. The number of alkyl halides is 3. The number of amides is 1. The van der Waals surface area contributed by atoms with E-state index < -0.39 is 17.3 Å². The molecular weight excluding hydrogens is 435 g/mol. The summed E-state index contributed by atoms with van der Waals surface area (Å²) < 4.78 is 42.1. The van der Waals surface area contributed by atoms with Crippen LogP contribution in [0.5, 0.6) is 0 Å². The van der Waals surface area contributed by atoms with E-state index in [1.165, 1.54) is 12.1 Å². The number of nitrogens with zero attached hydrogens (tertiary/aromatic N) is 5. The van der Waals surface area contributed by atoms with E-state index in [0.29, 0.717) is 57.7 Å². The van der Waals surface area contributed by atoms with Gasteiger partial charge in [-0.05, 0) is 36.5 Å². The maximum atomic E-state index is 13.4. The molecule has 1 N–H and O–H groups in total. The van der Waals surface area contributed by atoms with Gasteiger partial charge in [0.2, 0.25) is 5.91 Å². The zero-order valence-electron chi connectivity index (χ0n) is 18.1. The lowest BCUT2D eigenvalue weighted by Gasteiger charge is -2.42. The number of halogens is 3. The van der Waals surface area contributed by atoms with Crippen LogP contribution in [-0.2, 0) is 17.5 Å². The van der Waals surface area contributed by atoms with E-state index in [-0.39, 0.29) is 23.8 Å². The van der Waals surface area contributed by atoms with Gasteiger partial charge >= 0.3 is 6.18 Å². The summed E-state index contributed by atoms with van der Waals surface area (Å²) in [6.45, 7) is 2.58. The second-order valence-corrected chi connectivity index (χ2v) is 8.89. The third-order valence-electron chi connectivity index (χ3n) is 7.08. The number of imidazole rings is 1. The van der Waals surface area contributed by atoms with Crippen molar-refractivity contribution in [3.05, 3.63) is 48.0 Å². The van der Waals surface area contributed by atoms with E-state index in [0.717, 1.165) is 6.07 Å². The first-order chi connectivity index (χ1) is 15.8. The second kappa shape index (κ2) is 9.06. The number of nitriles is 1. The molecule has 2 aliphatic rings. The van der Waals surface area contributed by atoms with Crippen molar-refractivity contribution < 1.29 is 23.1 Å². The number of anilines is 1. The number of piperidine rings is 1. The number of rotatable bonds is 5. The summed E-state index contributed by atoms with van der Waals surface area (Å²) >= 11 is 0. The number of aryl methyl sites for hydroxylation is 1. The van der Waals surface area contributed by atoms with Crippen LogP contribution in [0, 0.1) is 22.7 Å². The maximum absolute atomic E-state index is 13.4. The fraction of sp³-hybridized carbons (Fsp3) is 0.522. The van der Waals surface area contributed by atoms with Gasteiger partial charge in [-0.25, -0.2) is 4.98 Å². The highest BCUT2D eigenvalue weighted by Gasteiger charge is 2.48. The van der Waals surface area contributed by atoms with Gasteiger partial charge in [0.25, 0.3) is 0 Å². The van der Waals surface area contributed by atoms with Gasteiger partial charge in [0, 0.05) is 69.8 Å². The molecule has 2 aliphatic heterocycles. The molecule has 2 aromatic rings. The number of hydrogen-bond acceptors (Lipinski definition) is 5. The zero-order chi connectivity index (χ0) is 23.6. The molecule has 176 valence electrons. The molecule has 4 rings (SSSR count). The fourth-order valence-corrected chi connectivity index (χ4v) is 5.11. The lowest BCUT2D eigenvalue weighted by Crippen LogP contribution is -2.47. The van der Waals surface area contributed by atoms with Crippen molar-refractivity contribution in [3.8, 4) is 6.07 Å². The Balaban J connectivity index is 1.44. The molecule has 0 saturated carbocycles. The van der Waals surface area contributed by atoms with Crippen LogP contribution in [0.15, 0.2) is 36.9 Å². The Labute approximate surface area is 190 Å². The molecule has 1 unspecified atom stereocenters. The van der Waals surface area contributed by atoms with E-state index in [9.17, 15) is 23.1 Å². The SMILES string of the molecule is N#Cc1ccc(N2CC(CO)C3(CCN(C(=O)CCn4ccnc4)CC3)C2)cc1C(F)(F)F. The van der Waals surface area contributed by atoms with E-state index >= 15 is 0 Å². The average Bonchev–Trinajstić information content (AvgIpc) is 3.45. The minimum Gasteiger partial charge on any atom is -0.396 e. The Hall–Kier alpha value is -3.06. The van der Waals surface area contributed by atoms with Gasteiger partial charge in [0.15, 0.2) is 0 Å². The largest absolute Gasteiger partial charge is 0.417 e. The predicted octanol–water partition coefficient (Wildman–Crippen LogP) is 2.90. The number of hydrogen-bond donors (Lipinski definition) is 1. The van der Waals surface area contributed by atoms with Crippen molar-refractivity contribution >= 4 is 11.6 Å². The normalized spacial score (nSPS) is 20.3. The highest BCUT2D eigenvalue weighted by Crippen LogP contribution is 2.46. The third kappa shape index (κ3) is 4.69. The molecule has 1 aromatic heterocycles. The molecule has 1 amide bonds. The number of aliphatic hydroxyl groups is 1. The van der Waals surface area contributed by atoms with Crippen molar-refractivity contribution in [2.75, 3.05) is 37.7 Å². The van der Waals surface area contributed by atoms with Crippen molar-refractivity contribution in [1.29, 1.82) is 5.26 Å². The van der Waals surface area contributed by atoms with Gasteiger partial charge in [0.05, 0.1) is 23.5 Å². The summed E-state index contributed by atoms with van der Waals surface area (Å²) in [5.74, 6) is -0.0263. The molecule has 7 nitrogen and oxygen atoms in total. The number of carbonyl (C=O) groups excluding carboxylic acids is 1. The standard InChI is InChI=1S/C23H26F3N5O2/c24-23(25,26)20-11-19(2-1-17(20)12-27)31-13-18(14-32)22(15-31)4-8-30(9-5-22)21(33)3-7-29-10-6-28-16-29/h1-2,6,10-11,16,18,32H,3-5,7-9,13-15H2. The first-order valence-electron chi connectivity index (χ1n) is 11.0. The molecule has 0 radical (unpaired) electrons. The van der Waals surface area contributed by atoms with Gasteiger partial charge in [-0.2, -0.15) is 18.4 Å². The highest BCUT2D eigenvalue weighted by atomic mass is 19.4. The lowest BCUT2D eigenvalue weighted by molar-refractivity contribution is -0.137. The lowest BCUT2D eigenvalue weighted by atomic mass is 9.71. The molecule has 1 spiro atoms. The van der Waals surface area contributed by atoms with E-state index in [1.807, 2.05) is 20.6 Å². The van der Waals surface area contributed by atoms with Gasteiger partial charge in [-0.15, -0.1) is 0 Å². The molecule has 0 aliphatic carbocycles. The molecular formula is C23H26F3N5O2. The molecule has 2 saturated heterocycles. The molecule has 1 aromatic carbocycles. The van der Waals surface area contributed by atoms with Gasteiger partial charge in [-0.3, -0.25) is 4.79 Å². The average molecular weight is 461 g/mol. The van der Waals surface area contributed by atoms with Crippen LogP contribution in [0.3, 0.4) is 0 Å². The van der Waals surface area contributed by atoms with Crippen LogP contribution in [0.2, 0.25) is 0 Å². The van der Waals surface area contributed by atoms with Crippen molar-refractivity contribution in [2.45, 2.75) is 32.0 Å². The van der Waals surface area contributed by atoms with Crippen LogP contribution in [0.25, 0.3) is 0 Å². The Kier molecular flexibility index (Phi) is 6.34. The first kappa shape index (κ1) is 23.1. The van der Waals surface area contributed by atoms with Crippen molar-refractivity contribution in [1.82, 2.24) is 14.5 Å². The summed E-state index contributed by atoms with van der Waals surface area (Å²) in [5.41, 5.74) is -1.21. The predicted molar refractivity (Wildman–Crippen MR) is 114 cm³/mol. The number of likely N-dealkylation sites (tertiary alicyclic amines) is 1. The summed E-state index contributed by atoms with van der Waals surface area (Å²) in [5, 5.41) is 19.1. The van der Waals surface area contributed by atoms with Gasteiger partial charge in [-0.1, -0.05) is 0 Å². The van der Waals surface area contributed by atoms with Crippen LogP contribution in [0.1, 0.15) is 30.4 Å². The van der Waals surface area contributed by atoms with Crippen molar-refractivity contribution in [2.24, 2.45) is 11.3 Å². The summed E-state index contributed by atoms with van der Waals surface area (Å²) in [4.78, 5) is 20.3. The number of benzene rings is 1. The monoisotopic (exact) mass is 461 g/mol. The number of carbonyl (C=O) groups is 1. The van der Waals surface area contributed by atoms with E-state index in [2.05, 4.69) is 4.98 Å². The molecule has 33 heavy (non-hydrogen) atoms. The molecule has 2 fully saturated rings. The Morgan fingerprint density at radius 3 is 2.67 bits per heavy atom. The fourth-order valence-electron chi connectivity index (χ4n) is 5.11. The van der Waals surface area contributed by atoms with E-state index in [4.69, 9.17) is 5.26 Å². The molecule has 0 bridgehead atoms. The van der Waals surface area contributed by atoms with Crippen LogP contribution >= 0.6 is 0 Å². The zero-order valence-corrected chi connectivity index (χ0v) is 18.1. The maximum Gasteiger partial charge on any atom is 0.417 e. The summed E-state index contributed by atoms with van der Waals surface area (Å²) in [6, 6.07) is 5.38. The third-order valence-corrected chi connectivity index (χ3v) is 7.08.